The van der Waals surface area contributed by atoms with E-state index in [4.69, 9.17) is 16.3 Å². The van der Waals surface area contributed by atoms with Crippen LogP contribution >= 0.6 is 24.0 Å². The van der Waals surface area contributed by atoms with Gasteiger partial charge in [-0.15, -0.1) is 12.4 Å². The van der Waals surface area contributed by atoms with Gasteiger partial charge in [0, 0.05) is 39.8 Å². The maximum atomic E-state index is 12.6. The number of halogens is 2. The normalized spacial score (nSPS) is 15.7. The highest BCUT2D eigenvalue weighted by Gasteiger charge is 2.31. The molecule has 1 saturated heterocycles. The van der Waals surface area contributed by atoms with E-state index in [2.05, 4.69) is 5.32 Å². The van der Waals surface area contributed by atoms with E-state index in [1.807, 2.05) is 0 Å². The summed E-state index contributed by atoms with van der Waals surface area (Å²) in [6.45, 7) is 2.62. The van der Waals surface area contributed by atoms with Crippen LogP contribution in [0.4, 0.5) is 0 Å². The summed E-state index contributed by atoms with van der Waals surface area (Å²) >= 11 is 6.00. The van der Waals surface area contributed by atoms with Gasteiger partial charge in [-0.25, -0.2) is 8.42 Å². The molecular weight excluding hydrogens is 389 g/mol. The number of hydrogen-bond donors (Lipinski definition) is 1. The molecule has 7 nitrogen and oxygen atoms in total. The molecule has 1 N–H and O–H groups in total. The molecule has 0 bridgehead atoms. The molecule has 0 atom stereocenters. The highest BCUT2D eigenvalue weighted by molar-refractivity contribution is 7.89. The van der Waals surface area contributed by atoms with Crippen molar-refractivity contribution in [3.8, 4) is 0 Å². The molecule has 142 valence electrons. The minimum atomic E-state index is -3.63. The van der Waals surface area contributed by atoms with Crippen LogP contribution < -0.4 is 5.32 Å². The van der Waals surface area contributed by atoms with Crippen molar-refractivity contribution in [1.82, 2.24) is 14.5 Å². The first-order valence-corrected chi connectivity index (χ1v) is 9.50. The van der Waals surface area contributed by atoms with Gasteiger partial charge >= 0.3 is 0 Å². The van der Waals surface area contributed by atoms with Gasteiger partial charge < -0.3 is 15.0 Å². The molecule has 1 aliphatic heterocycles. The van der Waals surface area contributed by atoms with E-state index in [1.165, 1.54) is 10.4 Å². The topological polar surface area (TPSA) is 79.0 Å². The predicted octanol–water partition coefficient (Wildman–Crippen LogP) is 0.831. The van der Waals surface area contributed by atoms with Crippen molar-refractivity contribution in [2.45, 2.75) is 4.90 Å². The molecular formula is C15H23Cl2N3O4S. The number of carbonyl (C=O) groups excluding carboxylic acids is 1. The lowest BCUT2D eigenvalue weighted by Gasteiger charge is -2.34. The lowest BCUT2D eigenvalue weighted by molar-refractivity contribution is -0.131. The summed E-state index contributed by atoms with van der Waals surface area (Å²) < 4.78 is 31.6. The Bertz CT molecular complexity index is 664. The van der Waals surface area contributed by atoms with E-state index in [0.717, 1.165) is 0 Å². The number of nitrogens with one attached hydrogen (secondary N) is 1. The number of ether oxygens (including phenoxy) is 1. The minimum absolute atomic E-state index is 0. The number of rotatable bonds is 7. The van der Waals surface area contributed by atoms with E-state index in [1.54, 1.807) is 30.2 Å². The van der Waals surface area contributed by atoms with Crippen LogP contribution in [0.5, 0.6) is 0 Å². The monoisotopic (exact) mass is 411 g/mol. The second kappa shape index (κ2) is 10.3. The molecule has 0 aliphatic carbocycles. The van der Waals surface area contributed by atoms with Crippen molar-refractivity contribution in [3.05, 3.63) is 29.3 Å². The van der Waals surface area contributed by atoms with Crippen LogP contribution in [-0.2, 0) is 19.6 Å². The van der Waals surface area contributed by atoms with Gasteiger partial charge in [0.25, 0.3) is 0 Å². The number of hydrogen-bond acceptors (Lipinski definition) is 5. The molecule has 0 unspecified atom stereocenters. The molecule has 2 rings (SSSR count). The maximum absolute atomic E-state index is 12.6. The first kappa shape index (κ1) is 22.1. The summed E-state index contributed by atoms with van der Waals surface area (Å²) in [7, 11) is -2.04. The first-order valence-electron chi connectivity index (χ1n) is 7.69. The average Bonchev–Trinajstić information content (AvgIpc) is 2.59. The Morgan fingerprint density at radius 2 is 1.88 bits per heavy atom. The molecule has 1 fully saturated rings. The van der Waals surface area contributed by atoms with Crippen LogP contribution in [0.3, 0.4) is 0 Å². The molecule has 0 radical (unpaired) electrons. The van der Waals surface area contributed by atoms with Crippen LogP contribution in [-0.4, -0.2) is 76.5 Å². The quantitative estimate of drug-likeness (QED) is 0.672. The largest absolute Gasteiger partial charge is 0.383 e. The highest BCUT2D eigenvalue weighted by atomic mass is 35.5. The Balaban J connectivity index is 0.00000312. The van der Waals surface area contributed by atoms with Gasteiger partial charge in [0.2, 0.25) is 15.9 Å². The number of nitrogens with zero attached hydrogens (tertiary/aromatic N) is 2. The van der Waals surface area contributed by atoms with Crippen LogP contribution in [0.15, 0.2) is 29.2 Å². The molecule has 1 aromatic rings. The van der Waals surface area contributed by atoms with Crippen LogP contribution in [0.2, 0.25) is 5.02 Å². The molecule has 1 aliphatic rings. The fourth-order valence-corrected chi connectivity index (χ4v) is 4.37. The number of benzene rings is 1. The zero-order valence-corrected chi connectivity index (χ0v) is 16.4. The molecule has 0 spiro atoms. The summed E-state index contributed by atoms with van der Waals surface area (Å²) in [6.07, 6.45) is 0. The van der Waals surface area contributed by atoms with Gasteiger partial charge in [0.1, 0.15) is 4.90 Å². The smallest absolute Gasteiger partial charge is 0.244 e. The van der Waals surface area contributed by atoms with Crippen molar-refractivity contribution in [2.75, 3.05) is 53.0 Å². The number of amides is 1. The fraction of sp³-hybridized carbons (Fsp3) is 0.533. The Hall–Kier alpha value is -0.900. The van der Waals surface area contributed by atoms with E-state index in [0.29, 0.717) is 26.2 Å². The molecule has 1 amide bonds. The van der Waals surface area contributed by atoms with Gasteiger partial charge in [-0.3, -0.25) is 4.79 Å². The lowest BCUT2D eigenvalue weighted by Crippen LogP contribution is -2.52. The third-order valence-electron chi connectivity index (χ3n) is 3.81. The molecule has 1 aromatic carbocycles. The number of piperazine rings is 1. The van der Waals surface area contributed by atoms with Crippen LogP contribution in [0.1, 0.15) is 0 Å². The Morgan fingerprint density at radius 1 is 1.24 bits per heavy atom. The highest BCUT2D eigenvalue weighted by Crippen LogP contribution is 2.24. The predicted molar refractivity (Wildman–Crippen MR) is 98.8 cm³/mol. The van der Waals surface area contributed by atoms with Gasteiger partial charge in [-0.2, -0.15) is 4.31 Å². The maximum Gasteiger partial charge on any atom is 0.244 e. The Morgan fingerprint density at radius 3 is 2.48 bits per heavy atom. The summed E-state index contributed by atoms with van der Waals surface area (Å²) in [5, 5.41) is 3.20. The van der Waals surface area contributed by atoms with Gasteiger partial charge in [-0.05, 0) is 12.1 Å². The van der Waals surface area contributed by atoms with Gasteiger partial charge in [-0.1, -0.05) is 23.7 Å². The van der Waals surface area contributed by atoms with Crippen molar-refractivity contribution in [3.63, 3.8) is 0 Å². The van der Waals surface area contributed by atoms with E-state index in [9.17, 15) is 13.2 Å². The summed E-state index contributed by atoms with van der Waals surface area (Å²) in [5.74, 6) is -0.0408. The van der Waals surface area contributed by atoms with E-state index >= 15 is 0 Å². The SMILES string of the molecule is COCCNCC(=O)N1CCN(S(=O)(=O)c2ccccc2Cl)CC1.Cl. The van der Waals surface area contributed by atoms with Crippen molar-refractivity contribution >= 4 is 39.9 Å². The van der Waals surface area contributed by atoms with Crippen molar-refractivity contribution in [1.29, 1.82) is 0 Å². The third kappa shape index (κ3) is 5.80. The standard InChI is InChI=1S/C15H22ClN3O4S.ClH/c1-23-11-6-17-12-15(20)18-7-9-19(10-8-18)24(21,22)14-5-3-2-4-13(14)16;/h2-5,17H,6-12H2,1H3;1H. The van der Waals surface area contributed by atoms with E-state index < -0.39 is 10.0 Å². The summed E-state index contributed by atoms with van der Waals surface area (Å²) in [5.41, 5.74) is 0. The summed E-state index contributed by atoms with van der Waals surface area (Å²) in [4.78, 5) is 13.8. The second-order valence-corrected chi connectivity index (χ2v) is 7.70. The first-order chi connectivity index (χ1) is 11.5. The molecule has 10 heteroatoms. The Labute approximate surface area is 159 Å². The average molecular weight is 412 g/mol. The minimum Gasteiger partial charge on any atom is -0.383 e. The van der Waals surface area contributed by atoms with Crippen LogP contribution in [0, 0.1) is 0 Å². The zero-order chi connectivity index (χ0) is 17.6. The van der Waals surface area contributed by atoms with Gasteiger partial charge in [0.05, 0.1) is 18.2 Å². The van der Waals surface area contributed by atoms with E-state index in [-0.39, 0.29) is 47.9 Å². The number of carbonyl (C=O) groups is 1. The number of sulfonamides is 1. The van der Waals surface area contributed by atoms with Crippen molar-refractivity contribution < 1.29 is 17.9 Å². The number of methoxy groups -OCH3 is 1. The zero-order valence-electron chi connectivity index (χ0n) is 14.0. The summed E-state index contributed by atoms with van der Waals surface area (Å²) in [6, 6.07) is 6.38. The van der Waals surface area contributed by atoms with Crippen LogP contribution in [0.25, 0.3) is 0 Å². The molecule has 0 saturated carbocycles. The van der Waals surface area contributed by atoms with Crippen molar-refractivity contribution in [2.24, 2.45) is 0 Å². The molecule has 1 heterocycles. The second-order valence-electron chi connectivity index (χ2n) is 5.38. The van der Waals surface area contributed by atoms with Gasteiger partial charge in [0.15, 0.2) is 0 Å². The Kier molecular flexibility index (Phi) is 9.12. The molecule has 0 aromatic heterocycles. The molecule has 25 heavy (non-hydrogen) atoms. The lowest BCUT2D eigenvalue weighted by atomic mass is 10.3. The fourth-order valence-electron chi connectivity index (χ4n) is 2.45. The third-order valence-corrected chi connectivity index (χ3v) is 6.20.